The maximum atomic E-state index is 5.90. The van der Waals surface area contributed by atoms with Gasteiger partial charge in [-0.1, -0.05) is 35.5 Å². The number of nitrogens with one attached hydrogen (secondary N) is 1. The van der Waals surface area contributed by atoms with Crippen LogP contribution >= 0.6 is 23.4 Å². The van der Waals surface area contributed by atoms with Gasteiger partial charge in [0.1, 0.15) is 5.76 Å². The molecule has 0 radical (unpaired) electrons. The number of amidine groups is 1. The highest BCUT2D eigenvalue weighted by Crippen LogP contribution is 2.30. The summed E-state index contributed by atoms with van der Waals surface area (Å²) in [5, 5.41) is 5.61. The molecule has 0 amide bonds. The van der Waals surface area contributed by atoms with Crippen LogP contribution in [0.5, 0.6) is 0 Å². The van der Waals surface area contributed by atoms with Gasteiger partial charge >= 0.3 is 0 Å². The fourth-order valence-electron chi connectivity index (χ4n) is 1.82. The molecule has 4 nitrogen and oxygen atoms in total. The van der Waals surface area contributed by atoms with Gasteiger partial charge in [-0.3, -0.25) is 5.43 Å². The molecule has 1 aliphatic rings. The summed E-state index contributed by atoms with van der Waals surface area (Å²) in [6.07, 6.45) is 3.26. The van der Waals surface area contributed by atoms with Crippen LogP contribution in [-0.2, 0) is 0 Å². The minimum atomic E-state index is 0.640. The summed E-state index contributed by atoms with van der Waals surface area (Å²) in [6, 6.07) is 11.3. The zero-order chi connectivity index (χ0) is 14.7. The molecule has 0 bridgehead atoms. The fraction of sp³-hybridized carbons (Fsp3) is 0.0667. The highest BCUT2D eigenvalue weighted by Gasteiger charge is 2.14. The molecule has 2 aromatic rings. The second-order valence-electron chi connectivity index (χ2n) is 4.32. The molecule has 0 aliphatic carbocycles. The van der Waals surface area contributed by atoms with Gasteiger partial charge in [0.2, 0.25) is 5.17 Å². The summed E-state index contributed by atoms with van der Waals surface area (Å²) in [7, 11) is 0. The number of benzene rings is 1. The number of hydrazone groups is 1. The van der Waals surface area contributed by atoms with Crippen molar-refractivity contribution in [1.29, 1.82) is 0 Å². The second-order valence-corrected chi connectivity index (χ2v) is 5.94. The number of aliphatic imine (C=N–C) groups is 1. The third-order valence-electron chi connectivity index (χ3n) is 2.84. The zero-order valence-electron chi connectivity index (χ0n) is 11.2. The van der Waals surface area contributed by atoms with E-state index in [0.29, 0.717) is 16.0 Å². The molecule has 0 unspecified atom stereocenters. The van der Waals surface area contributed by atoms with E-state index in [1.165, 1.54) is 11.8 Å². The van der Waals surface area contributed by atoms with E-state index in [1.54, 1.807) is 12.5 Å². The Morgan fingerprint density at radius 3 is 2.76 bits per heavy atom. The predicted octanol–water partition coefficient (Wildman–Crippen LogP) is 4.35. The van der Waals surface area contributed by atoms with Gasteiger partial charge in [-0.05, 0) is 31.2 Å². The molecule has 0 spiro atoms. The molecule has 0 saturated carbocycles. The van der Waals surface area contributed by atoms with Crippen molar-refractivity contribution in [2.45, 2.75) is 6.92 Å². The number of halogens is 1. The lowest BCUT2D eigenvalue weighted by molar-refractivity contribution is 0.560. The average molecular weight is 318 g/mol. The molecule has 21 heavy (non-hydrogen) atoms. The van der Waals surface area contributed by atoms with Crippen molar-refractivity contribution in [2.24, 2.45) is 10.1 Å². The Hall–Kier alpha value is -1.98. The first-order valence-corrected chi connectivity index (χ1v) is 7.48. The van der Waals surface area contributed by atoms with E-state index >= 15 is 0 Å². The molecule has 1 aliphatic heterocycles. The number of thioether (sulfide) groups is 1. The van der Waals surface area contributed by atoms with E-state index in [0.717, 1.165) is 16.2 Å². The number of allylic oxidation sites excluding steroid dienone is 1. The van der Waals surface area contributed by atoms with E-state index < -0.39 is 0 Å². The van der Waals surface area contributed by atoms with Gasteiger partial charge in [0.25, 0.3) is 0 Å². The SMILES string of the molecule is CC1=C(c2ccc(Cl)cc2)NN=C(/N=C/c2ccco2)S1. The van der Waals surface area contributed by atoms with Crippen LogP contribution < -0.4 is 5.43 Å². The first-order chi connectivity index (χ1) is 10.2. The lowest BCUT2D eigenvalue weighted by atomic mass is 10.1. The highest BCUT2D eigenvalue weighted by molar-refractivity contribution is 8.17. The molecule has 1 aromatic carbocycles. The topological polar surface area (TPSA) is 49.9 Å². The van der Waals surface area contributed by atoms with Crippen molar-refractivity contribution in [1.82, 2.24) is 5.43 Å². The summed E-state index contributed by atoms with van der Waals surface area (Å²) in [6.45, 7) is 2.03. The van der Waals surface area contributed by atoms with Gasteiger partial charge in [0.15, 0.2) is 0 Å². The fourth-order valence-corrected chi connectivity index (χ4v) is 2.68. The standard InChI is InChI=1S/C15H12ClN3OS/c1-10-14(11-4-6-12(16)7-5-11)18-19-15(21-10)17-9-13-3-2-8-20-13/h2-9,18H,1H3/b17-9+. The van der Waals surface area contributed by atoms with Crippen LogP contribution in [0.2, 0.25) is 5.02 Å². The van der Waals surface area contributed by atoms with Crippen molar-refractivity contribution in [2.75, 3.05) is 0 Å². The van der Waals surface area contributed by atoms with Gasteiger partial charge in [-0.25, -0.2) is 4.99 Å². The van der Waals surface area contributed by atoms with Crippen molar-refractivity contribution < 1.29 is 4.42 Å². The Kier molecular flexibility index (Phi) is 4.13. The number of rotatable bonds is 2. The first-order valence-electron chi connectivity index (χ1n) is 6.28. The molecule has 2 heterocycles. The van der Waals surface area contributed by atoms with Crippen molar-refractivity contribution in [3.8, 4) is 0 Å². The van der Waals surface area contributed by atoms with Crippen LogP contribution in [0, 0.1) is 0 Å². The monoisotopic (exact) mass is 317 g/mol. The van der Waals surface area contributed by atoms with Crippen LogP contribution in [0.3, 0.4) is 0 Å². The molecule has 0 saturated heterocycles. The Balaban J connectivity index is 1.74. The Bertz CT molecular complexity index is 718. The quantitative estimate of drug-likeness (QED) is 0.838. The number of hydrogen-bond acceptors (Lipinski definition) is 5. The van der Waals surface area contributed by atoms with Crippen LogP contribution in [0.4, 0.5) is 0 Å². The van der Waals surface area contributed by atoms with Crippen LogP contribution in [-0.4, -0.2) is 11.4 Å². The van der Waals surface area contributed by atoms with Gasteiger partial charge in [-0.2, -0.15) is 0 Å². The Morgan fingerprint density at radius 2 is 2.10 bits per heavy atom. The summed E-state index contributed by atoms with van der Waals surface area (Å²) in [5.41, 5.74) is 5.05. The van der Waals surface area contributed by atoms with E-state index in [9.17, 15) is 0 Å². The number of furan rings is 1. The van der Waals surface area contributed by atoms with E-state index in [2.05, 4.69) is 15.5 Å². The third-order valence-corrected chi connectivity index (χ3v) is 3.98. The molecule has 0 fully saturated rings. The summed E-state index contributed by atoms with van der Waals surface area (Å²) >= 11 is 7.41. The normalized spacial score (nSPS) is 15.2. The number of nitrogens with zero attached hydrogens (tertiary/aromatic N) is 2. The lowest BCUT2D eigenvalue weighted by Gasteiger charge is -2.16. The lowest BCUT2D eigenvalue weighted by Crippen LogP contribution is -2.13. The van der Waals surface area contributed by atoms with Gasteiger partial charge in [0, 0.05) is 15.5 Å². The Morgan fingerprint density at radius 1 is 1.29 bits per heavy atom. The molecule has 106 valence electrons. The Labute approximate surface area is 131 Å². The molecule has 1 N–H and O–H groups in total. The van der Waals surface area contributed by atoms with Crippen LogP contribution in [0.1, 0.15) is 18.2 Å². The summed E-state index contributed by atoms with van der Waals surface area (Å²) in [4.78, 5) is 5.39. The summed E-state index contributed by atoms with van der Waals surface area (Å²) < 4.78 is 5.19. The minimum Gasteiger partial charge on any atom is -0.463 e. The highest BCUT2D eigenvalue weighted by atomic mass is 35.5. The molecule has 3 rings (SSSR count). The maximum absolute atomic E-state index is 5.90. The molecule has 1 aromatic heterocycles. The largest absolute Gasteiger partial charge is 0.463 e. The summed E-state index contributed by atoms with van der Waals surface area (Å²) in [5.74, 6) is 0.698. The second kappa shape index (κ2) is 6.20. The van der Waals surface area contributed by atoms with Gasteiger partial charge in [-0.15, -0.1) is 5.10 Å². The third kappa shape index (κ3) is 3.37. The molecular formula is C15H12ClN3OS. The molecule has 6 heteroatoms. The van der Waals surface area contributed by atoms with Crippen LogP contribution in [0.25, 0.3) is 5.70 Å². The van der Waals surface area contributed by atoms with E-state index in [1.807, 2.05) is 43.3 Å². The van der Waals surface area contributed by atoms with Gasteiger partial charge in [0.05, 0.1) is 18.2 Å². The smallest absolute Gasteiger partial charge is 0.211 e. The van der Waals surface area contributed by atoms with Crippen LogP contribution in [0.15, 0.2) is 62.1 Å². The molecular weight excluding hydrogens is 306 g/mol. The zero-order valence-corrected chi connectivity index (χ0v) is 12.8. The predicted molar refractivity (Wildman–Crippen MR) is 88.5 cm³/mol. The van der Waals surface area contributed by atoms with E-state index in [-0.39, 0.29) is 0 Å². The van der Waals surface area contributed by atoms with E-state index in [4.69, 9.17) is 16.0 Å². The van der Waals surface area contributed by atoms with Crippen molar-refractivity contribution in [3.63, 3.8) is 0 Å². The van der Waals surface area contributed by atoms with Crippen molar-refractivity contribution >= 4 is 40.4 Å². The average Bonchev–Trinajstić information content (AvgIpc) is 3.00. The number of hydrogen-bond donors (Lipinski definition) is 1. The minimum absolute atomic E-state index is 0.640. The van der Waals surface area contributed by atoms with Gasteiger partial charge < -0.3 is 4.42 Å². The molecule has 0 atom stereocenters. The first kappa shape index (κ1) is 14.0. The maximum Gasteiger partial charge on any atom is 0.211 e. The van der Waals surface area contributed by atoms with Crippen molar-refractivity contribution in [3.05, 3.63) is 63.9 Å².